The summed E-state index contributed by atoms with van der Waals surface area (Å²) in [6.45, 7) is 8.55. The van der Waals surface area contributed by atoms with Crippen molar-refractivity contribution in [3.05, 3.63) is 35.7 Å². The molecule has 0 spiro atoms. The maximum atomic E-state index is 13.9. The van der Waals surface area contributed by atoms with E-state index in [1.165, 1.54) is 19.3 Å². The van der Waals surface area contributed by atoms with E-state index in [1.54, 1.807) is 20.8 Å². The second kappa shape index (κ2) is 6.39. The molecule has 1 amide bonds. The maximum Gasteiger partial charge on any atom is 0.412 e. The first-order valence-corrected chi connectivity index (χ1v) is 6.22. The van der Waals surface area contributed by atoms with Crippen molar-refractivity contribution in [2.45, 2.75) is 26.4 Å². The molecule has 5 nitrogen and oxygen atoms in total. The molecular weight excluding hydrogens is 277 g/mol. The lowest BCUT2D eigenvalue weighted by Gasteiger charge is -2.20. The van der Waals surface area contributed by atoms with Gasteiger partial charge in [0.15, 0.2) is 0 Å². The number of halogens is 1. The van der Waals surface area contributed by atoms with E-state index in [4.69, 9.17) is 4.74 Å². The van der Waals surface area contributed by atoms with Crippen molar-refractivity contribution in [3.63, 3.8) is 0 Å². The third kappa shape index (κ3) is 4.59. The molecule has 0 saturated heterocycles. The Morgan fingerprint density at radius 1 is 1.33 bits per heavy atom. The largest absolute Gasteiger partial charge is 0.465 e. The topological polar surface area (TPSA) is 64.6 Å². The minimum atomic E-state index is -0.816. The molecule has 0 fully saturated rings. The Morgan fingerprint density at radius 3 is 2.43 bits per heavy atom. The van der Waals surface area contributed by atoms with Gasteiger partial charge in [-0.05, 0) is 38.5 Å². The van der Waals surface area contributed by atoms with Crippen molar-refractivity contribution in [2.24, 2.45) is 0 Å². The SMILES string of the molecule is C=Cc1cc(F)c(NC(=O)OC(C)(C)C)cc1C(=O)OC. The van der Waals surface area contributed by atoms with Gasteiger partial charge in [-0.3, -0.25) is 5.32 Å². The van der Waals surface area contributed by atoms with Gasteiger partial charge in [-0.2, -0.15) is 0 Å². The highest BCUT2D eigenvalue weighted by molar-refractivity contribution is 5.96. The van der Waals surface area contributed by atoms with E-state index in [0.29, 0.717) is 0 Å². The quantitative estimate of drug-likeness (QED) is 0.865. The molecule has 0 bridgehead atoms. The van der Waals surface area contributed by atoms with Gasteiger partial charge in [0.1, 0.15) is 11.4 Å². The fourth-order valence-electron chi connectivity index (χ4n) is 1.55. The molecule has 21 heavy (non-hydrogen) atoms. The molecule has 114 valence electrons. The molecule has 0 aromatic heterocycles. The van der Waals surface area contributed by atoms with Crippen LogP contribution in [0.2, 0.25) is 0 Å². The van der Waals surface area contributed by atoms with Gasteiger partial charge >= 0.3 is 12.1 Å². The number of carbonyl (C=O) groups is 2. The Labute approximate surface area is 122 Å². The Kier molecular flexibility index (Phi) is 5.07. The molecule has 0 atom stereocenters. The normalized spacial score (nSPS) is 10.7. The Bertz CT molecular complexity index is 576. The third-order valence-electron chi connectivity index (χ3n) is 2.40. The van der Waals surface area contributed by atoms with Crippen LogP contribution < -0.4 is 5.32 Å². The van der Waals surface area contributed by atoms with E-state index in [2.05, 4.69) is 16.6 Å². The fourth-order valence-corrected chi connectivity index (χ4v) is 1.55. The number of hydrogen-bond acceptors (Lipinski definition) is 4. The van der Waals surface area contributed by atoms with Gasteiger partial charge in [0.25, 0.3) is 0 Å². The standard InChI is InChI=1S/C15H18FNO4/c1-6-9-7-11(16)12(8-10(9)13(18)20-5)17-14(19)21-15(2,3)4/h6-8H,1H2,2-5H3,(H,17,19). The van der Waals surface area contributed by atoms with E-state index in [9.17, 15) is 14.0 Å². The first-order valence-electron chi connectivity index (χ1n) is 6.22. The number of benzene rings is 1. The number of carbonyl (C=O) groups excluding carboxylic acids is 2. The first kappa shape index (κ1) is 16.7. The van der Waals surface area contributed by atoms with Crippen LogP contribution in [0.5, 0.6) is 0 Å². The number of methoxy groups -OCH3 is 1. The average molecular weight is 295 g/mol. The summed E-state index contributed by atoms with van der Waals surface area (Å²) in [5.74, 6) is -1.36. The molecule has 0 radical (unpaired) electrons. The number of ether oxygens (including phenoxy) is 2. The number of amides is 1. The predicted octanol–water partition coefficient (Wildman–Crippen LogP) is 3.60. The molecule has 1 N–H and O–H groups in total. The fraction of sp³-hybridized carbons (Fsp3) is 0.333. The van der Waals surface area contributed by atoms with Gasteiger partial charge < -0.3 is 9.47 Å². The summed E-state index contributed by atoms with van der Waals surface area (Å²) < 4.78 is 23.5. The molecule has 0 heterocycles. The molecular formula is C15H18FNO4. The number of hydrogen-bond donors (Lipinski definition) is 1. The average Bonchev–Trinajstić information content (AvgIpc) is 2.37. The Balaban J connectivity index is 3.11. The van der Waals surface area contributed by atoms with Crippen LogP contribution in [0, 0.1) is 5.82 Å². The van der Waals surface area contributed by atoms with Gasteiger partial charge in [0.05, 0.1) is 18.4 Å². The van der Waals surface area contributed by atoms with Gasteiger partial charge in [-0.25, -0.2) is 14.0 Å². The van der Waals surface area contributed by atoms with Gasteiger partial charge in [0, 0.05) is 0 Å². The van der Waals surface area contributed by atoms with Crippen molar-refractivity contribution in [3.8, 4) is 0 Å². The molecule has 1 aromatic rings. The molecule has 6 heteroatoms. The smallest absolute Gasteiger partial charge is 0.412 e. The summed E-state index contributed by atoms with van der Waals surface area (Å²) in [6, 6.07) is 2.27. The van der Waals surface area contributed by atoms with E-state index in [0.717, 1.165) is 6.07 Å². The Morgan fingerprint density at radius 2 is 1.95 bits per heavy atom. The van der Waals surface area contributed by atoms with Crippen LogP contribution in [0.3, 0.4) is 0 Å². The van der Waals surface area contributed by atoms with Crippen LogP contribution in [-0.2, 0) is 9.47 Å². The molecule has 1 rings (SSSR count). The maximum absolute atomic E-state index is 13.9. The lowest BCUT2D eigenvalue weighted by molar-refractivity contribution is 0.0596. The highest BCUT2D eigenvalue weighted by Crippen LogP contribution is 2.23. The van der Waals surface area contributed by atoms with Crippen LogP contribution in [0.25, 0.3) is 6.08 Å². The number of esters is 1. The van der Waals surface area contributed by atoms with Crippen LogP contribution in [-0.4, -0.2) is 24.8 Å². The summed E-state index contributed by atoms with van der Waals surface area (Å²) in [4.78, 5) is 23.3. The molecule has 0 aliphatic carbocycles. The van der Waals surface area contributed by atoms with Crippen molar-refractivity contribution in [1.82, 2.24) is 0 Å². The third-order valence-corrected chi connectivity index (χ3v) is 2.40. The molecule has 0 saturated carbocycles. The number of anilines is 1. The van der Waals surface area contributed by atoms with Gasteiger partial charge in [-0.1, -0.05) is 12.7 Å². The van der Waals surface area contributed by atoms with E-state index in [1.807, 2.05) is 0 Å². The van der Waals surface area contributed by atoms with Crippen LogP contribution in [0.15, 0.2) is 18.7 Å². The summed E-state index contributed by atoms with van der Waals surface area (Å²) in [5, 5.41) is 2.26. The lowest BCUT2D eigenvalue weighted by Crippen LogP contribution is -2.27. The van der Waals surface area contributed by atoms with Crippen molar-refractivity contribution in [2.75, 3.05) is 12.4 Å². The van der Waals surface area contributed by atoms with Gasteiger partial charge in [-0.15, -0.1) is 0 Å². The monoisotopic (exact) mass is 295 g/mol. The summed E-state index contributed by atoms with van der Waals surface area (Å²) in [7, 11) is 1.21. The van der Waals surface area contributed by atoms with Crippen LogP contribution in [0.4, 0.5) is 14.9 Å². The zero-order chi connectivity index (χ0) is 16.2. The van der Waals surface area contributed by atoms with Crippen LogP contribution >= 0.6 is 0 Å². The van der Waals surface area contributed by atoms with Crippen LogP contribution in [0.1, 0.15) is 36.7 Å². The minimum Gasteiger partial charge on any atom is -0.465 e. The van der Waals surface area contributed by atoms with E-state index in [-0.39, 0.29) is 16.8 Å². The minimum absolute atomic E-state index is 0.0972. The number of rotatable bonds is 3. The zero-order valence-corrected chi connectivity index (χ0v) is 12.5. The lowest BCUT2D eigenvalue weighted by atomic mass is 10.1. The second-order valence-corrected chi connectivity index (χ2v) is 5.24. The van der Waals surface area contributed by atoms with Gasteiger partial charge in [0.2, 0.25) is 0 Å². The first-order chi connectivity index (χ1) is 9.67. The van der Waals surface area contributed by atoms with Crippen molar-refractivity contribution >= 4 is 23.8 Å². The molecule has 0 aliphatic heterocycles. The summed E-state index contributed by atoms with van der Waals surface area (Å²) in [5.41, 5.74) is -0.517. The molecule has 0 aliphatic rings. The van der Waals surface area contributed by atoms with Crippen molar-refractivity contribution < 1.29 is 23.5 Å². The predicted molar refractivity (Wildman–Crippen MR) is 77.7 cm³/mol. The Hall–Kier alpha value is -2.37. The highest BCUT2D eigenvalue weighted by atomic mass is 19.1. The zero-order valence-electron chi connectivity index (χ0n) is 12.5. The summed E-state index contributed by atoms with van der Waals surface area (Å²) >= 11 is 0. The van der Waals surface area contributed by atoms with Crippen molar-refractivity contribution in [1.29, 1.82) is 0 Å². The van der Waals surface area contributed by atoms with E-state index >= 15 is 0 Å². The highest BCUT2D eigenvalue weighted by Gasteiger charge is 2.20. The molecule has 1 aromatic carbocycles. The number of nitrogens with one attached hydrogen (secondary N) is 1. The van der Waals surface area contributed by atoms with E-state index < -0.39 is 23.5 Å². The second-order valence-electron chi connectivity index (χ2n) is 5.24. The summed E-state index contributed by atoms with van der Waals surface area (Å²) in [6.07, 6.45) is 0.510. The molecule has 0 unspecified atom stereocenters.